The minimum Gasteiger partial charge on any atom is -0.481 e. The lowest BCUT2D eigenvalue weighted by atomic mass is 10.1. The summed E-state index contributed by atoms with van der Waals surface area (Å²) in [6.45, 7) is 6.72. The lowest BCUT2D eigenvalue weighted by Gasteiger charge is -2.05. The van der Waals surface area contributed by atoms with Gasteiger partial charge in [-0.2, -0.15) is 0 Å². The molecule has 0 aromatic rings. The molecule has 0 aliphatic heterocycles. The number of carbonyl (C=O) groups is 1. The molecule has 1 unspecified atom stereocenters. The Labute approximate surface area is 67.1 Å². The largest absolute Gasteiger partial charge is 0.481 e. The first-order valence-electron chi connectivity index (χ1n) is 3.73. The molecule has 0 bridgehead atoms. The SMILES string of the molecule is C=CCNCCC(C)C(=O)O. The van der Waals surface area contributed by atoms with Crippen molar-refractivity contribution in [2.24, 2.45) is 5.92 Å². The number of rotatable bonds is 6. The third-order valence-electron chi connectivity index (χ3n) is 1.46. The van der Waals surface area contributed by atoms with Crippen LogP contribution in [0.2, 0.25) is 0 Å². The summed E-state index contributed by atoms with van der Waals surface area (Å²) in [6.07, 6.45) is 2.43. The van der Waals surface area contributed by atoms with E-state index in [4.69, 9.17) is 5.11 Å². The number of hydrogen-bond donors (Lipinski definition) is 2. The van der Waals surface area contributed by atoms with Crippen LogP contribution in [0.25, 0.3) is 0 Å². The van der Waals surface area contributed by atoms with E-state index in [2.05, 4.69) is 11.9 Å². The number of carboxylic acids is 1. The molecule has 1 atom stereocenters. The molecular formula is C8H15NO2. The third kappa shape index (κ3) is 5.61. The second-order valence-electron chi connectivity index (χ2n) is 2.52. The Balaban J connectivity index is 3.24. The average Bonchev–Trinajstić information content (AvgIpc) is 1.97. The summed E-state index contributed by atoms with van der Waals surface area (Å²) in [5.41, 5.74) is 0. The van der Waals surface area contributed by atoms with E-state index in [1.807, 2.05) is 0 Å². The fourth-order valence-electron chi connectivity index (χ4n) is 0.646. The zero-order valence-electron chi connectivity index (χ0n) is 6.84. The third-order valence-corrected chi connectivity index (χ3v) is 1.46. The number of aliphatic carboxylic acids is 1. The smallest absolute Gasteiger partial charge is 0.306 e. The summed E-state index contributed by atoms with van der Waals surface area (Å²) in [6, 6.07) is 0. The predicted octanol–water partition coefficient (Wildman–Crippen LogP) is 0.873. The molecule has 0 saturated carbocycles. The fourth-order valence-corrected chi connectivity index (χ4v) is 0.646. The van der Waals surface area contributed by atoms with Crippen LogP contribution in [0.5, 0.6) is 0 Å². The summed E-state index contributed by atoms with van der Waals surface area (Å²) in [5.74, 6) is -0.988. The van der Waals surface area contributed by atoms with Gasteiger partial charge >= 0.3 is 5.97 Å². The molecule has 0 aromatic heterocycles. The molecule has 0 rings (SSSR count). The molecule has 0 radical (unpaired) electrons. The van der Waals surface area contributed by atoms with Gasteiger partial charge in [0.15, 0.2) is 0 Å². The zero-order chi connectivity index (χ0) is 8.69. The maximum absolute atomic E-state index is 10.3. The van der Waals surface area contributed by atoms with Gasteiger partial charge in [-0.3, -0.25) is 4.79 Å². The van der Waals surface area contributed by atoms with Crippen LogP contribution in [0, 0.1) is 5.92 Å². The summed E-state index contributed by atoms with van der Waals surface area (Å²) in [7, 11) is 0. The highest BCUT2D eigenvalue weighted by Gasteiger charge is 2.08. The van der Waals surface area contributed by atoms with Crippen molar-refractivity contribution >= 4 is 5.97 Å². The molecule has 64 valence electrons. The van der Waals surface area contributed by atoms with Gasteiger partial charge in [0.1, 0.15) is 0 Å². The van der Waals surface area contributed by atoms with Gasteiger partial charge in [-0.1, -0.05) is 13.0 Å². The molecule has 2 N–H and O–H groups in total. The monoisotopic (exact) mass is 157 g/mol. The van der Waals surface area contributed by atoms with Crippen LogP contribution in [-0.2, 0) is 4.79 Å². The Hall–Kier alpha value is -0.830. The lowest BCUT2D eigenvalue weighted by Crippen LogP contribution is -2.20. The van der Waals surface area contributed by atoms with Crippen molar-refractivity contribution in [2.75, 3.05) is 13.1 Å². The quantitative estimate of drug-likeness (QED) is 0.444. The minimum absolute atomic E-state index is 0.257. The van der Waals surface area contributed by atoms with Crippen LogP contribution in [0.1, 0.15) is 13.3 Å². The molecular weight excluding hydrogens is 142 g/mol. The van der Waals surface area contributed by atoms with Gasteiger partial charge in [0, 0.05) is 6.54 Å². The Morgan fingerprint density at radius 1 is 1.82 bits per heavy atom. The second-order valence-corrected chi connectivity index (χ2v) is 2.52. The van der Waals surface area contributed by atoms with Gasteiger partial charge < -0.3 is 10.4 Å². The highest BCUT2D eigenvalue weighted by Crippen LogP contribution is 1.98. The number of nitrogens with one attached hydrogen (secondary N) is 1. The number of carboxylic acid groups (broad SMARTS) is 1. The van der Waals surface area contributed by atoms with Crippen molar-refractivity contribution < 1.29 is 9.90 Å². The predicted molar refractivity (Wildman–Crippen MR) is 44.5 cm³/mol. The first kappa shape index (κ1) is 10.2. The molecule has 0 aromatic carbocycles. The van der Waals surface area contributed by atoms with E-state index in [-0.39, 0.29) is 5.92 Å². The second kappa shape index (κ2) is 5.92. The summed E-state index contributed by atoms with van der Waals surface area (Å²) in [4.78, 5) is 10.3. The van der Waals surface area contributed by atoms with Crippen molar-refractivity contribution in [3.05, 3.63) is 12.7 Å². The molecule has 0 amide bonds. The van der Waals surface area contributed by atoms with Crippen LogP contribution in [0.4, 0.5) is 0 Å². The minimum atomic E-state index is -0.731. The van der Waals surface area contributed by atoms with Crippen LogP contribution >= 0.6 is 0 Å². The molecule has 11 heavy (non-hydrogen) atoms. The van der Waals surface area contributed by atoms with E-state index >= 15 is 0 Å². The molecule has 3 nitrogen and oxygen atoms in total. The van der Waals surface area contributed by atoms with E-state index in [0.717, 1.165) is 13.1 Å². The van der Waals surface area contributed by atoms with Crippen LogP contribution in [0.3, 0.4) is 0 Å². The topological polar surface area (TPSA) is 49.3 Å². The van der Waals surface area contributed by atoms with Gasteiger partial charge in [-0.25, -0.2) is 0 Å². The Bertz CT molecular complexity index is 134. The zero-order valence-corrected chi connectivity index (χ0v) is 6.84. The molecule has 0 fully saturated rings. The van der Waals surface area contributed by atoms with Crippen LogP contribution in [-0.4, -0.2) is 24.2 Å². The summed E-state index contributed by atoms with van der Waals surface area (Å²) >= 11 is 0. The summed E-state index contributed by atoms with van der Waals surface area (Å²) in [5, 5.41) is 11.5. The van der Waals surface area contributed by atoms with Crippen molar-refractivity contribution in [2.45, 2.75) is 13.3 Å². The van der Waals surface area contributed by atoms with E-state index in [9.17, 15) is 4.79 Å². The maximum atomic E-state index is 10.3. The molecule has 0 aliphatic carbocycles. The molecule has 0 saturated heterocycles. The van der Waals surface area contributed by atoms with Gasteiger partial charge in [0.2, 0.25) is 0 Å². The Kier molecular flexibility index (Phi) is 5.47. The van der Waals surface area contributed by atoms with E-state index in [1.165, 1.54) is 0 Å². The van der Waals surface area contributed by atoms with Crippen LogP contribution < -0.4 is 5.32 Å². The van der Waals surface area contributed by atoms with E-state index < -0.39 is 5.97 Å². The maximum Gasteiger partial charge on any atom is 0.306 e. The van der Waals surface area contributed by atoms with Gasteiger partial charge in [-0.15, -0.1) is 6.58 Å². The molecule has 0 spiro atoms. The van der Waals surface area contributed by atoms with E-state index in [1.54, 1.807) is 13.0 Å². The van der Waals surface area contributed by atoms with Crippen molar-refractivity contribution in [1.29, 1.82) is 0 Å². The lowest BCUT2D eigenvalue weighted by molar-refractivity contribution is -0.141. The molecule has 0 heterocycles. The standard InChI is InChI=1S/C8H15NO2/c1-3-5-9-6-4-7(2)8(10)11/h3,7,9H,1,4-6H2,2H3,(H,10,11). The van der Waals surface area contributed by atoms with Crippen molar-refractivity contribution in [3.8, 4) is 0 Å². The first-order chi connectivity index (χ1) is 5.18. The molecule has 0 aliphatic rings. The fraction of sp³-hybridized carbons (Fsp3) is 0.625. The Morgan fingerprint density at radius 3 is 2.91 bits per heavy atom. The Morgan fingerprint density at radius 2 is 2.45 bits per heavy atom. The van der Waals surface area contributed by atoms with Gasteiger partial charge in [-0.05, 0) is 13.0 Å². The average molecular weight is 157 g/mol. The van der Waals surface area contributed by atoms with Crippen LogP contribution in [0.15, 0.2) is 12.7 Å². The highest BCUT2D eigenvalue weighted by atomic mass is 16.4. The normalized spacial score (nSPS) is 12.5. The van der Waals surface area contributed by atoms with E-state index in [0.29, 0.717) is 6.42 Å². The molecule has 3 heteroatoms. The van der Waals surface area contributed by atoms with Gasteiger partial charge in [0.05, 0.1) is 5.92 Å². The van der Waals surface area contributed by atoms with Crippen molar-refractivity contribution in [3.63, 3.8) is 0 Å². The highest BCUT2D eigenvalue weighted by molar-refractivity contribution is 5.69. The van der Waals surface area contributed by atoms with Gasteiger partial charge in [0.25, 0.3) is 0 Å². The summed E-state index contributed by atoms with van der Waals surface area (Å²) < 4.78 is 0. The number of hydrogen-bond acceptors (Lipinski definition) is 2. The van der Waals surface area contributed by atoms with Crippen molar-refractivity contribution in [1.82, 2.24) is 5.32 Å². The first-order valence-corrected chi connectivity index (χ1v) is 3.73.